The molecular formula is C10H21BNOS+. The Kier molecular flexibility index (Phi) is 14.5. The molecule has 0 fully saturated rings. The Morgan fingerprint density at radius 1 is 1.50 bits per heavy atom. The Labute approximate surface area is 94.9 Å². The van der Waals surface area contributed by atoms with Crippen LogP contribution in [0.5, 0.6) is 0 Å². The number of ether oxygens (including phenoxy) is 1. The van der Waals surface area contributed by atoms with Crippen molar-refractivity contribution in [3.63, 3.8) is 0 Å². The number of allylic oxidation sites excluding steroid dienone is 1. The van der Waals surface area contributed by atoms with E-state index < -0.39 is 0 Å². The lowest BCUT2D eigenvalue weighted by atomic mass is 10.2. The molecule has 2 radical (unpaired) electrons. The van der Waals surface area contributed by atoms with Gasteiger partial charge >= 0.3 is 7.98 Å². The third kappa shape index (κ3) is 8.23. The van der Waals surface area contributed by atoms with Crippen molar-refractivity contribution in [2.45, 2.75) is 27.2 Å². The first-order chi connectivity index (χ1) is 6.83. The second kappa shape index (κ2) is 12.6. The van der Waals surface area contributed by atoms with Crippen molar-refractivity contribution in [3.05, 3.63) is 11.8 Å². The average molecular weight is 214 g/mol. The van der Waals surface area contributed by atoms with Gasteiger partial charge in [-0.25, -0.2) is 0 Å². The quantitative estimate of drug-likeness (QED) is 0.548. The van der Waals surface area contributed by atoms with E-state index in [-0.39, 0.29) is 0 Å². The zero-order valence-electron chi connectivity index (χ0n) is 9.66. The van der Waals surface area contributed by atoms with Gasteiger partial charge in [-0.2, -0.15) is 12.6 Å². The minimum absolute atomic E-state index is 0.740. The summed E-state index contributed by atoms with van der Waals surface area (Å²) in [6.07, 6.45) is 6.44. The molecule has 1 aliphatic rings. The first-order valence-electron chi connectivity index (χ1n) is 4.94. The number of rotatable bonds is 2. The standard InChI is InChI=1S/C7H11BNO.C2H6.CH4S/c1-2-10-7-3-5-9(8)6-4-7;2*1-2/h3,6H,2,4-5H2,1H3;1-2H3;2H,1H3/q+1;;. The molecule has 1 heterocycles. The van der Waals surface area contributed by atoms with Crippen LogP contribution in [-0.4, -0.2) is 38.1 Å². The predicted molar refractivity (Wildman–Crippen MR) is 67.5 cm³/mol. The number of hydrogen-bond acceptors (Lipinski definition) is 2. The van der Waals surface area contributed by atoms with E-state index in [9.17, 15) is 0 Å². The Balaban J connectivity index is 0. The van der Waals surface area contributed by atoms with Crippen molar-refractivity contribution < 1.29 is 9.22 Å². The third-order valence-electron chi connectivity index (χ3n) is 1.39. The van der Waals surface area contributed by atoms with Crippen LogP contribution >= 0.6 is 12.6 Å². The monoisotopic (exact) mass is 214 g/mol. The summed E-state index contributed by atoms with van der Waals surface area (Å²) >= 11 is 3.53. The minimum Gasteiger partial charge on any atom is -0.498 e. The highest BCUT2D eigenvalue weighted by molar-refractivity contribution is 7.79. The van der Waals surface area contributed by atoms with E-state index >= 15 is 0 Å². The Morgan fingerprint density at radius 2 is 2.07 bits per heavy atom. The Bertz CT molecular complexity index is 181. The molecule has 0 aliphatic carbocycles. The second-order valence-corrected chi connectivity index (χ2v) is 2.19. The summed E-state index contributed by atoms with van der Waals surface area (Å²) in [5, 5.41) is 0. The molecule has 2 nitrogen and oxygen atoms in total. The molecule has 0 aromatic heterocycles. The summed E-state index contributed by atoms with van der Waals surface area (Å²) in [6.45, 7) is 7.48. The van der Waals surface area contributed by atoms with E-state index in [1.54, 1.807) is 10.7 Å². The second-order valence-electron chi connectivity index (χ2n) is 2.19. The van der Waals surface area contributed by atoms with Crippen LogP contribution in [-0.2, 0) is 4.74 Å². The largest absolute Gasteiger partial charge is 0.580 e. The van der Waals surface area contributed by atoms with Crippen LogP contribution in [0, 0.1) is 0 Å². The van der Waals surface area contributed by atoms with E-state index in [0.29, 0.717) is 0 Å². The van der Waals surface area contributed by atoms with Gasteiger partial charge in [-0.3, -0.25) is 0 Å². The molecule has 0 saturated carbocycles. The highest BCUT2D eigenvalue weighted by atomic mass is 32.1. The van der Waals surface area contributed by atoms with Crippen LogP contribution in [0.1, 0.15) is 27.2 Å². The van der Waals surface area contributed by atoms with Gasteiger partial charge in [0.05, 0.1) is 13.0 Å². The first kappa shape index (κ1) is 16.1. The molecule has 0 saturated heterocycles. The maximum absolute atomic E-state index is 5.47. The molecule has 1 aliphatic heterocycles. The van der Waals surface area contributed by atoms with Crippen molar-refractivity contribution in [2.75, 3.05) is 19.4 Å². The van der Waals surface area contributed by atoms with Gasteiger partial charge in [0, 0.05) is 6.08 Å². The van der Waals surface area contributed by atoms with E-state index in [1.807, 2.05) is 33.1 Å². The lowest BCUT2D eigenvalue weighted by molar-refractivity contribution is -0.358. The van der Waals surface area contributed by atoms with Gasteiger partial charge < -0.3 is 9.22 Å². The topological polar surface area (TPSA) is 12.2 Å². The number of hydrogen-bond donors (Lipinski definition) is 1. The van der Waals surface area contributed by atoms with Gasteiger partial charge in [0.25, 0.3) is 0 Å². The van der Waals surface area contributed by atoms with Gasteiger partial charge in [0.1, 0.15) is 18.5 Å². The Morgan fingerprint density at radius 3 is 2.43 bits per heavy atom. The summed E-state index contributed by atoms with van der Waals surface area (Å²) < 4.78 is 6.93. The fourth-order valence-electron chi connectivity index (χ4n) is 0.876. The number of nitrogens with zero attached hydrogens (tertiary/aromatic N) is 1. The van der Waals surface area contributed by atoms with Crippen LogP contribution in [0.2, 0.25) is 0 Å². The molecule has 4 heteroatoms. The van der Waals surface area contributed by atoms with Crippen molar-refractivity contribution in [2.24, 2.45) is 0 Å². The first-order valence-corrected chi connectivity index (χ1v) is 5.83. The summed E-state index contributed by atoms with van der Waals surface area (Å²) in [5.74, 6) is 1.03. The maximum Gasteiger partial charge on any atom is 0.580 e. The van der Waals surface area contributed by atoms with Crippen LogP contribution < -0.4 is 0 Å². The fraction of sp³-hybridized carbons (Fsp3) is 0.700. The fourth-order valence-corrected chi connectivity index (χ4v) is 0.876. The van der Waals surface area contributed by atoms with Crippen LogP contribution in [0.4, 0.5) is 0 Å². The maximum atomic E-state index is 5.47. The van der Waals surface area contributed by atoms with Crippen molar-refractivity contribution >= 4 is 26.8 Å². The summed E-state index contributed by atoms with van der Waals surface area (Å²) in [4.78, 5) is 0. The molecule has 0 bridgehead atoms. The number of thiol groups is 1. The molecule has 0 N–H and O–H groups in total. The zero-order valence-corrected chi connectivity index (χ0v) is 10.6. The summed E-state index contributed by atoms with van der Waals surface area (Å²) in [5.41, 5.74) is 0. The highest BCUT2D eigenvalue weighted by Crippen LogP contribution is 2.03. The van der Waals surface area contributed by atoms with Gasteiger partial charge in [0.15, 0.2) is 0 Å². The lowest BCUT2D eigenvalue weighted by Crippen LogP contribution is -2.15. The SMILES string of the molecule is CC.CS.[B][N+]1=CCC(OCC)=CC1. The smallest absolute Gasteiger partial charge is 0.498 e. The molecule has 0 amide bonds. The molecule has 14 heavy (non-hydrogen) atoms. The van der Waals surface area contributed by atoms with Crippen LogP contribution in [0.15, 0.2) is 11.8 Å². The van der Waals surface area contributed by atoms with Gasteiger partial charge in [-0.1, -0.05) is 13.8 Å². The molecule has 0 atom stereocenters. The van der Waals surface area contributed by atoms with Crippen LogP contribution in [0.25, 0.3) is 0 Å². The van der Waals surface area contributed by atoms with Crippen molar-refractivity contribution in [1.29, 1.82) is 0 Å². The Hall–Kier alpha value is -0.375. The molecule has 0 aromatic rings. The average Bonchev–Trinajstić information content (AvgIpc) is 2.28. The van der Waals surface area contributed by atoms with Crippen molar-refractivity contribution in [1.82, 2.24) is 0 Å². The molecule has 0 aromatic carbocycles. The van der Waals surface area contributed by atoms with Crippen molar-refractivity contribution in [3.8, 4) is 0 Å². The van der Waals surface area contributed by atoms with Gasteiger partial charge in [-0.05, 0) is 13.2 Å². The summed E-state index contributed by atoms with van der Waals surface area (Å²) in [7, 11) is 5.47. The van der Waals surface area contributed by atoms with Crippen LogP contribution in [0.3, 0.4) is 0 Å². The molecule has 80 valence electrons. The molecule has 1 rings (SSSR count). The molecule has 0 unspecified atom stereocenters. The molecule has 0 spiro atoms. The van der Waals surface area contributed by atoms with Gasteiger partial charge in [-0.15, -0.1) is 0 Å². The predicted octanol–water partition coefficient (Wildman–Crippen LogP) is 2.05. The molecular weight excluding hydrogens is 193 g/mol. The lowest BCUT2D eigenvalue weighted by Gasteiger charge is -2.08. The zero-order chi connectivity index (χ0) is 11.4. The minimum atomic E-state index is 0.740. The third-order valence-corrected chi connectivity index (χ3v) is 1.39. The normalized spacial score (nSPS) is 13.5. The van der Waals surface area contributed by atoms with E-state index in [1.165, 1.54) is 0 Å². The van der Waals surface area contributed by atoms with E-state index in [4.69, 9.17) is 12.7 Å². The van der Waals surface area contributed by atoms with Gasteiger partial charge in [0.2, 0.25) is 0 Å². The van der Waals surface area contributed by atoms with E-state index in [0.717, 1.165) is 25.3 Å². The summed E-state index contributed by atoms with van der Waals surface area (Å²) in [6, 6.07) is 0. The van der Waals surface area contributed by atoms with E-state index in [2.05, 4.69) is 12.6 Å². The highest BCUT2D eigenvalue weighted by Gasteiger charge is 2.06.